The van der Waals surface area contributed by atoms with Crippen molar-refractivity contribution in [1.29, 1.82) is 0 Å². The zero-order valence-electron chi connectivity index (χ0n) is 14.5. The molecule has 1 aromatic carbocycles. The molecular weight excluding hydrogens is 306 g/mol. The fourth-order valence-corrected chi connectivity index (χ4v) is 2.70. The number of benzene rings is 1. The van der Waals surface area contributed by atoms with Gasteiger partial charge in [0.15, 0.2) is 0 Å². The van der Waals surface area contributed by atoms with Crippen LogP contribution < -0.4 is 10.6 Å². The second kappa shape index (κ2) is 9.39. The highest BCUT2D eigenvalue weighted by atomic mass is 16.5. The van der Waals surface area contributed by atoms with Crippen LogP contribution in [0.1, 0.15) is 25.3 Å². The van der Waals surface area contributed by atoms with Crippen LogP contribution in [0.4, 0.5) is 4.79 Å². The molecule has 1 unspecified atom stereocenters. The number of hydrogen-bond acceptors (Lipinski definition) is 4. The fourth-order valence-electron chi connectivity index (χ4n) is 2.70. The average molecular weight is 333 g/mol. The summed E-state index contributed by atoms with van der Waals surface area (Å²) in [6, 6.07) is 9.94. The molecule has 1 aromatic rings. The van der Waals surface area contributed by atoms with E-state index in [9.17, 15) is 9.59 Å². The average Bonchev–Trinajstić information content (AvgIpc) is 3.39. The Morgan fingerprint density at radius 2 is 2.00 bits per heavy atom. The topological polar surface area (TPSA) is 70.7 Å². The third-order valence-corrected chi connectivity index (χ3v) is 4.30. The molecule has 0 saturated heterocycles. The van der Waals surface area contributed by atoms with Crippen molar-refractivity contribution in [3.8, 4) is 0 Å². The SMILES string of the molecule is COCCNC(=O)NC(=O)CN(Cc1ccccc1)C(C)C1CC1. The number of carbonyl (C=O) groups excluding carboxylic acids is 2. The van der Waals surface area contributed by atoms with E-state index in [-0.39, 0.29) is 12.5 Å². The van der Waals surface area contributed by atoms with Crippen molar-refractivity contribution in [2.24, 2.45) is 5.92 Å². The standard InChI is InChI=1S/C18H27N3O3/c1-14(16-8-9-16)21(12-15-6-4-3-5-7-15)13-17(22)20-18(23)19-10-11-24-2/h3-7,14,16H,8-13H2,1-2H3,(H2,19,20,22,23). The Morgan fingerprint density at radius 1 is 1.29 bits per heavy atom. The maximum atomic E-state index is 12.2. The molecule has 1 atom stereocenters. The summed E-state index contributed by atoms with van der Waals surface area (Å²) in [6.07, 6.45) is 2.43. The van der Waals surface area contributed by atoms with Gasteiger partial charge in [-0.15, -0.1) is 0 Å². The number of carbonyl (C=O) groups is 2. The minimum absolute atomic E-state index is 0.213. The first-order valence-electron chi connectivity index (χ1n) is 8.44. The lowest BCUT2D eigenvalue weighted by atomic mass is 10.1. The van der Waals surface area contributed by atoms with Crippen molar-refractivity contribution >= 4 is 11.9 Å². The van der Waals surface area contributed by atoms with Crippen molar-refractivity contribution in [2.75, 3.05) is 26.8 Å². The van der Waals surface area contributed by atoms with E-state index in [0.29, 0.717) is 31.7 Å². The number of imide groups is 1. The lowest BCUT2D eigenvalue weighted by Crippen LogP contribution is -2.47. The first-order chi connectivity index (χ1) is 11.6. The van der Waals surface area contributed by atoms with Crippen molar-refractivity contribution < 1.29 is 14.3 Å². The smallest absolute Gasteiger partial charge is 0.321 e. The minimum Gasteiger partial charge on any atom is -0.383 e. The molecule has 1 aliphatic carbocycles. The molecule has 1 aliphatic rings. The highest BCUT2D eigenvalue weighted by Crippen LogP contribution is 2.35. The summed E-state index contributed by atoms with van der Waals surface area (Å²) in [4.78, 5) is 26.0. The Hall–Kier alpha value is -1.92. The van der Waals surface area contributed by atoms with Crippen LogP contribution in [0.3, 0.4) is 0 Å². The van der Waals surface area contributed by atoms with E-state index in [1.807, 2.05) is 18.2 Å². The third-order valence-electron chi connectivity index (χ3n) is 4.30. The maximum absolute atomic E-state index is 12.2. The van der Waals surface area contributed by atoms with Crippen LogP contribution in [-0.2, 0) is 16.1 Å². The summed E-state index contributed by atoms with van der Waals surface area (Å²) in [5, 5.41) is 4.97. The number of hydrogen-bond donors (Lipinski definition) is 2. The Morgan fingerprint density at radius 3 is 2.62 bits per heavy atom. The molecule has 6 heteroatoms. The van der Waals surface area contributed by atoms with Crippen LogP contribution in [0.5, 0.6) is 0 Å². The fraction of sp³-hybridized carbons (Fsp3) is 0.556. The van der Waals surface area contributed by atoms with Crippen LogP contribution in [0.15, 0.2) is 30.3 Å². The van der Waals surface area contributed by atoms with Crippen molar-refractivity contribution in [3.05, 3.63) is 35.9 Å². The maximum Gasteiger partial charge on any atom is 0.321 e. The van der Waals surface area contributed by atoms with Gasteiger partial charge in [-0.25, -0.2) is 4.79 Å². The second-order valence-electron chi connectivity index (χ2n) is 6.27. The molecule has 0 radical (unpaired) electrons. The van der Waals surface area contributed by atoms with Gasteiger partial charge in [0, 0.05) is 26.2 Å². The Labute approximate surface area is 143 Å². The number of rotatable bonds is 9. The number of nitrogens with one attached hydrogen (secondary N) is 2. The molecule has 2 rings (SSSR count). The van der Waals surface area contributed by atoms with Crippen molar-refractivity contribution in [1.82, 2.24) is 15.5 Å². The molecule has 132 valence electrons. The summed E-state index contributed by atoms with van der Waals surface area (Å²) in [5.74, 6) is 0.366. The molecule has 6 nitrogen and oxygen atoms in total. The largest absolute Gasteiger partial charge is 0.383 e. The van der Waals surface area contributed by atoms with Gasteiger partial charge in [0.25, 0.3) is 0 Å². The van der Waals surface area contributed by atoms with E-state index < -0.39 is 6.03 Å². The van der Waals surface area contributed by atoms with Crippen LogP contribution in [0.2, 0.25) is 0 Å². The molecule has 0 heterocycles. The number of methoxy groups -OCH3 is 1. The van der Waals surface area contributed by atoms with Crippen molar-refractivity contribution in [3.63, 3.8) is 0 Å². The monoisotopic (exact) mass is 333 g/mol. The first-order valence-corrected chi connectivity index (χ1v) is 8.44. The summed E-state index contributed by atoms with van der Waals surface area (Å²) in [5.41, 5.74) is 1.17. The number of nitrogens with zero attached hydrogens (tertiary/aromatic N) is 1. The molecule has 1 saturated carbocycles. The van der Waals surface area contributed by atoms with E-state index >= 15 is 0 Å². The molecule has 0 spiro atoms. The Kier molecular flexibility index (Phi) is 7.21. The molecule has 0 bridgehead atoms. The summed E-state index contributed by atoms with van der Waals surface area (Å²) < 4.78 is 4.86. The zero-order chi connectivity index (χ0) is 17.4. The summed E-state index contributed by atoms with van der Waals surface area (Å²) in [7, 11) is 1.56. The van der Waals surface area contributed by atoms with Crippen LogP contribution in [-0.4, -0.2) is 49.7 Å². The predicted molar refractivity (Wildman–Crippen MR) is 92.5 cm³/mol. The molecule has 0 aromatic heterocycles. The second-order valence-corrected chi connectivity index (χ2v) is 6.27. The van der Waals surface area contributed by atoms with E-state index in [0.717, 1.165) is 0 Å². The molecule has 3 amide bonds. The van der Waals surface area contributed by atoms with Gasteiger partial charge in [0.05, 0.1) is 13.2 Å². The first kappa shape index (κ1) is 18.4. The van der Waals surface area contributed by atoms with Gasteiger partial charge < -0.3 is 10.1 Å². The van der Waals surface area contributed by atoms with Gasteiger partial charge in [0.1, 0.15) is 0 Å². The highest BCUT2D eigenvalue weighted by molar-refractivity contribution is 5.95. The summed E-state index contributed by atoms with van der Waals surface area (Å²) >= 11 is 0. The van der Waals surface area contributed by atoms with Gasteiger partial charge in [-0.3, -0.25) is 15.0 Å². The lowest BCUT2D eigenvalue weighted by molar-refractivity contribution is -0.121. The van der Waals surface area contributed by atoms with Crippen LogP contribution >= 0.6 is 0 Å². The van der Waals surface area contributed by atoms with Gasteiger partial charge in [-0.05, 0) is 31.2 Å². The highest BCUT2D eigenvalue weighted by Gasteiger charge is 2.32. The van der Waals surface area contributed by atoms with E-state index in [1.165, 1.54) is 18.4 Å². The molecule has 24 heavy (non-hydrogen) atoms. The molecule has 0 aliphatic heterocycles. The van der Waals surface area contributed by atoms with Gasteiger partial charge in [0.2, 0.25) is 5.91 Å². The van der Waals surface area contributed by atoms with Gasteiger partial charge in [-0.1, -0.05) is 30.3 Å². The quantitative estimate of drug-likeness (QED) is 0.676. The van der Waals surface area contributed by atoms with E-state index in [1.54, 1.807) is 7.11 Å². The zero-order valence-corrected chi connectivity index (χ0v) is 14.5. The van der Waals surface area contributed by atoms with Crippen LogP contribution in [0, 0.1) is 5.92 Å². The minimum atomic E-state index is -0.476. The van der Waals surface area contributed by atoms with E-state index in [4.69, 9.17) is 4.74 Å². The molecular formula is C18H27N3O3. The molecule has 1 fully saturated rings. The van der Waals surface area contributed by atoms with E-state index in [2.05, 4.69) is 34.6 Å². The van der Waals surface area contributed by atoms with Crippen LogP contribution in [0.25, 0.3) is 0 Å². The third kappa shape index (κ3) is 6.29. The van der Waals surface area contributed by atoms with Gasteiger partial charge >= 0.3 is 6.03 Å². The normalized spacial score (nSPS) is 15.1. The number of ether oxygens (including phenoxy) is 1. The lowest BCUT2D eigenvalue weighted by Gasteiger charge is -2.28. The molecule has 2 N–H and O–H groups in total. The Bertz CT molecular complexity index is 532. The Balaban J connectivity index is 1.87. The number of amides is 3. The summed E-state index contributed by atoms with van der Waals surface area (Å²) in [6.45, 7) is 3.87. The van der Waals surface area contributed by atoms with Crippen molar-refractivity contribution in [2.45, 2.75) is 32.4 Å². The van der Waals surface area contributed by atoms with Gasteiger partial charge in [-0.2, -0.15) is 0 Å². The number of urea groups is 1. The predicted octanol–water partition coefficient (Wildman–Crippen LogP) is 1.76.